The predicted octanol–water partition coefficient (Wildman–Crippen LogP) is 3.75. The van der Waals surface area contributed by atoms with Gasteiger partial charge in [-0.25, -0.2) is 4.98 Å². The van der Waals surface area contributed by atoms with Gasteiger partial charge in [-0.05, 0) is 60.7 Å². The molecular weight excluding hydrogens is 348 g/mol. The molecule has 3 aromatic rings. The standard InChI is InChI=1S/C23H24N4O/c1-26(16-12-18-10-13-24-14-11-18)22-9-8-20(17-25-22)23(28)27-15-4-6-19-5-2-3-7-21(19)27/h2-3,5,7-11,13-14,17H,4,6,12,15-16H2,1H3. The Labute approximate surface area is 165 Å². The molecule has 0 saturated heterocycles. The van der Waals surface area contributed by atoms with E-state index in [0.717, 1.165) is 43.9 Å². The van der Waals surface area contributed by atoms with Crippen LogP contribution in [-0.2, 0) is 12.8 Å². The Balaban J connectivity index is 1.44. The minimum Gasteiger partial charge on any atom is -0.359 e. The smallest absolute Gasteiger partial charge is 0.259 e. The zero-order valence-corrected chi connectivity index (χ0v) is 16.1. The van der Waals surface area contributed by atoms with Crippen molar-refractivity contribution in [3.8, 4) is 0 Å². The summed E-state index contributed by atoms with van der Waals surface area (Å²) in [6.45, 7) is 1.60. The number of rotatable bonds is 5. The first-order valence-corrected chi connectivity index (χ1v) is 9.68. The molecule has 142 valence electrons. The van der Waals surface area contributed by atoms with Gasteiger partial charge in [-0.3, -0.25) is 9.78 Å². The molecule has 5 nitrogen and oxygen atoms in total. The maximum Gasteiger partial charge on any atom is 0.259 e. The van der Waals surface area contributed by atoms with Gasteiger partial charge in [0.25, 0.3) is 5.91 Å². The summed E-state index contributed by atoms with van der Waals surface area (Å²) in [6, 6.07) is 16.0. The van der Waals surface area contributed by atoms with Crippen LogP contribution in [0, 0.1) is 0 Å². The minimum absolute atomic E-state index is 0.0191. The number of pyridine rings is 2. The number of carbonyl (C=O) groups excluding carboxylic acids is 1. The Morgan fingerprint density at radius 2 is 1.93 bits per heavy atom. The van der Waals surface area contributed by atoms with Crippen molar-refractivity contribution in [2.45, 2.75) is 19.3 Å². The fraction of sp³-hybridized carbons (Fsp3) is 0.261. The lowest BCUT2D eigenvalue weighted by Crippen LogP contribution is -2.35. The van der Waals surface area contributed by atoms with Crippen molar-refractivity contribution in [3.63, 3.8) is 0 Å². The highest BCUT2D eigenvalue weighted by atomic mass is 16.2. The number of hydrogen-bond donors (Lipinski definition) is 0. The Hall–Kier alpha value is -3.21. The van der Waals surface area contributed by atoms with Crippen LogP contribution in [0.25, 0.3) is 0 Å². The Morgan fingerprint density at radius 3 is 2.71 bits per heavy atom. The summed E-state index contributed by atoms with van der Waals surface area (Å²) in [4.78, 5) is 25.6. The molecule has 0 atom stereocenters. The fourth-order valence-electron chi connectivity index (χ4n) is 3.60. The van der Waals surface area contributed by atoms with Crippen molar-refractivity contribution in [3.05, 3.63) is 83.8 Å². The number of carbonyl (C=O) groups is 1. The van der Waals surface area contributed by atoms with Crippen LogP contribution in [-0.4, -0.2) is 36.0 Å². The molecule has 4 rings (SSSR count). The zero-order chi connectivity index (χ0) is 19.3. The van der Waals surface area contributed by atoms with E-state index in [1.54, 1.807) is 6.20 Å². The molecule has 0 radical (unpaired) electrons. The number of para-hydroxylation sites is 1. The molecule has 3 heterocycles. The van der Waals surface area contributed by atoms with Crippen LogP contribution in [0.15, 0.2) is 67.1 Å². The molecule has 1 aliphatic rings. The van der Waals surface area contributed by atoms with Crippen LogP contribution in [0.4, 0.5) is 11.5 Å². The molecule has 1 aromatic carbocycles. The molecule has 1 amide bonds. The van der Waals surface area contributed by atoms with Crippen molar-refractivity contribution in [1.29, 1.82) is 0 Å². The number of aryl methyl sites for hydroxylation is 1. The second-order valence-corrected chi connectivity index (χ2v) is 7.12. The summed E-state index contributed by atoms with van der Waals surface area (Å²) in [5.74, 6) is 0.885. The van der Waals surface area contributed by atoms with E-state index in [1.807, 2.05) is 66.8 Å². The second-order valence-electron chi connectivity index (χ2n) is 7.12. The number of nitrogens with zero attached hydrogens (tertiary/aromatic N) is 4. The van der Waals surface area contributed by atoms with E-state index in [1.165, 1.54) is 11.1 Å². The Bertz CT molecular complexity index is 940. The monoisotopic (exact) mass is 372 g/mol. The highest BCUT2D eigenvalue weighted by Crippen LogP contribution is 2.28. The fourth-order valence-corrected chi connectivity index (χ4v) is 3.60. The molecule has 1 aliphatic heterocycles. The molecule has 0 fully saturated rings. The molecule has 0 aliphatic carbocycles. The quantitative estimate of drug-likeness (QED) is 0.684. The lowest BCUT2D eigenvalue weighted by Gasteiger charge is -2.29. The van der Waals surface area contributed by atoms with Gasteiger partial charge in [0.1, 0.15) is 5.82 Å². The number of benzene rings is 1. The molecular formula is C23H24N4O. The van der Waals surface area contributed by atoms with Crippen LogP contribution in [0.1, 0.15) is 27.9 Å². The maximum absolute atomic E-state index is 13.0. The molecule has 0 bridgehead atoms. The van der Waals surface area contributed by atoms with Gasteiger partial charge in [0.15, 0.2) is 0 Å². The van der Waals surface area contributed by atoms with E-state index in [2.05, 4.69) is 20.9 Å². The molecule has 28 heavy (non-hydrogen) atoms. The van der Waals surface area contributed by atoms with E-state index >= 15 is 0 Å². The largest absolute Gasteiger partial charge is 0.359 e. The van der Waals surface area contributed by atoms with Crippen molar-refractivity contribution in [1.82, 2.24) is 9.97 Å². The van der Waals surface area contributed by atoms with Crippen LogP contribution in [0.3, 0.4) is 0 Å². The SMILES string of the molecule is CN(CCc1ccncc1)c1ccc(C(=O)N2CCCc3ccccc32)cn1. The van der Waals surface area contributed by atoms with Crippen molar-refractivity contribution < 1.29 is 4.79 Å². The molecule has 0 spiro atoms. The average molecular weight is 372 g/mol. The van der Waals surface area contributed by atoms with Crippen LogP contribution in [0.5, 0.6) is 0 Å². The molecule has 5 heteroatoms. The van der Waals surface area contributed by atoms with Gasteiger partial charge in [-0.15, -0.1) is 0 Å². The van der Waals surface area contributed by atoms with E-state index in [-0.39, 0.29) is 5.91 Å². The first kappa shape index (κ1) is 18.2. The lowest BCUT2D eigenvalue weighted by atomic mass is 10.0. The molecule has 0 saturated carbocycles. The third kappa shape index (κ3) is 3.88. The topological polar surface area (TPSA) is 49.3 Å². The average Bonchev–Trinajstić information content (AvgIpc) is 2.77. The second kappa shape index (κ2) is 8.21. The van der Waals surface area contributed by atoms with Crippen molar-refractivity contribution >= 4 is 17.4 Å². The Kier molecular flexibility index (Phi) is 5.33. The number of hydrogen-bond acceptors (Lipinski definition) is 4. The van der Waals surface area contributed by atoms with E-state index in [9.17, 15) is 4.79 Å². The number of fused-ring (bicyclic) bond motifs is 1. The van der Waals surface area contributed by atoms with Gasteiger partial charge in [0.2, 0.25) is 0 Å². The summed E-state index contributed by atoms with van der Waals surface area (Å²) in [5, 5.41) is 0. The third-order valence-corrected chi connectivity index (χ3v) is 5.23. The van der Waals surface area contributed by atoms with Crippen LogP contribution in [0.2, 0.25) is 0 Å². The van der Waals surface area contributed by atoms with Gasteiger partial charge in [-0.1, -0.05) is 18.2 Å². The predicted molar refractivity (Wildman–Crippen MR) is 112 cm³/mol. The van der Waals surface area contributed by atoms with Crippen LogP contribution < -0.4 is 9.80 Å². The van der Waals surface area contributed by atoms with Crippen LogP contribution >= 0.6 is 0 Å². The van der Waals surface area contributed by atoms with E-state index in [4.69, 9.17) is 0 Å². The summed E-state index contributed by atoms with van der Waals surface area (Å²) >= 11 is 0. The summed E-state index contributed by atoms with van der Waals surface area (Å²) in [7, 11) is 2.02. The van der Waals surface area contributed by atoms with Gasteiger partial charge < -0.3 is 9.80 Å². The maximum atomic E-state index is 13.0. The normalized spacial score (nSPS) is 13.1. The minimum atomic E-state index is 0.0191. The zero-order valence-electron chi connectivity index (χ0n) is 16.1. The van der Waals surface area contributed by atoms with Gasteiger partial charge in [-0.2, -0.15) is 0 Å². The Morgan fingerprint density at radius 1 is 1.11 bits per heavy atom. The highest BCUT2D eigenvalue weighted by molar-refractivity contribution is 6.06. The number of anilines is 2. The number of aromatic nitrogens is 2. The van der Waals surface area contributed by atoms with Crippen molar-refractivity contribution in [2.75, 3.05) is 29.9 Å². The molecule has 0 unspecified atom stereocenters. The summed E-state index contributed by atoms with van der Waals surface area (Å²) in [6.07, 6.45) is 8.26. The highest BCUT2D eigenvalue weighted by Gasteiger charge is 2.23. The molecule has 2 aromatic heterocycles. The van der Waals surface area contributed by atoms with Crippen molar-refractivity contribution in [2.24, 2.45) is 0 Å². The van der Waals surface area contributed by atoms with Gasteiger partial charge in [0.05, 0.1) is 5.56 Å². The summed E-state index contributed by atoms with van der Waals surface area (Å²) < 4.78 is 0. The third-order valence-electron chi connectivity index (χ3n) is 5.23. The van der Waals surface area contributed by atoms with Gasteiger partial charge in [0, 0.05) is 44.4 Å². The summed E-state index contributed by atoms with van der Waals surface area (Å²) in [5.41, 5.74) is 4.14. The lowest BCUT2D eigenvalue weighted by molar-refractivity contribution is 0.0985. The van der Waals surface area contributed by atoms with E-state index < -0.39 is 0 Å². The van der Waals surface area contributed by atoms with E-state index in [0.29, 0.717) is 5.56 Å². The number of likely N-dealkylation sites (N-methyl/N-ethyl adjacent to an activating group) is 1. The van der Waals surface area contributed by atoms with Gasteiger partial charge >= 0.3 is 0 Å². The first-order valence-electron chi connectivity index (χ1n) is 9.68. The molecule has 0 N–H and O–H groups in total. The number of amides is 1. The first-order chi connectivity index (χ1) is 13.7.